The van der Waals surface area contributed by atoms with Crippen molar-refractivity contribution in [1.29, 1.82) is 0 Å². The molecule has 1 atom stereocenters. The number of aryl methyl sites for hydroxylation is 1. The Morgan fingerprint density at radius 2 is 2.29 bits per heavy atom. The molecule has 1 fully saturated rings. The molecule has 3 nitrogen and oxygen atoms in total. The van der Waals surface area contributed by atoms with Gasteiger partial charge in [0.05, 0.1) is 6.04 Å². The maximum atomic E-state index is 12.1. The van der Waals surface area contributed by atoms with Crippen LogP contribution >= 0.6 is 11.3 Å². The van der Waals surface area contributed by atoms with E-state index in [1.807, 2.05) is 11.9 Å². The average Bonchev–Trinajstić information content (AvgIpc) is 2.68. The van der Waals surface area contributed by atoms with Gasteiger partial charge >= 0.3 is 0 Å². The van der Waals surface area contributed by atoms with Gasteiger partial charge in [0.1, 0.15) is 0 Å². The third kappa shape index (κ3) is 2.87. The summed E-state index contributed by atoms with van der Waals surface area (Å²) in [6.07, 6.45) is 0.679. The molecular weight excluding hydrogens is 232 g/mol. The molecule has 17 heavy (non-hydrogen) atoms. The van der Waals surface area contributed by atoms with E-state index in [2.05, 4.69) is 31.3 Å². The van der Waals surface area contributed by atoms with Crippen LogP contribution in [0.5, 0.6) is 0 Å². The van der Waals surface area contributed by atoms with Gasteiger partial charge in [-0.1, -0.05) is 0 Å². The molecule has 2 rings (SSSR count). The van der Waals surface area contributed by atoms with Gasteiger partial charge < -0.3 is 10.2 Å². The Balaban J connectivity index is 1.93. The minimum absolute atomic E-state index is 0.189. The molecular formula is C13H20N2OS. The molecule has 1 N–H and O–H groups in total. The fraction of sp³-hybridized carbons (Fsp3) is 0.615. The van der Waals surface area contributed by atoms with Gasteiger partial charge in [-0.25, -0.2) is 0 Å². The first-order chi connectivity index (χ1) is 8.08. The Hall–Kier alpha value is -0.870. The van der Waals surface area contributed by atoms with E-state index in [4.69, 9.17) is 0 Å². The third-order valence-electron chi connectivity index (χ3n) is 3.48. The number of carbonyl (C=O) groups excluding carboxylic acids is 1. The molecule has 1 aliphatic heterocycles. The lowest BCUT2D eigenvalue weighted by Crippen LogP contribution is -2.45. The van der Waals surface area contributed by atoms with Crippen LogP contribution in [0.2, 0.25) is 0 Å². The zero-order valence-electron chi connectivity index (χ0n) is 10.7. The molecule has 0 aromatic carbocycles. The highest BCUT2D eigenvalue weighted by atomic mass is 32.1. The van der Waals surface area contributed by atoms with Crippen LogP contribution in [0, 0.1) is 12.8 Å². The Morgan fingerprint density at radius 3 is 2.76 bits per heavy atom. The minimum atomic E-state index is 0.189. The highest BCUT2D eigenvalue weighted by Gasteiger charge is 2.24. The number of carbonyl (C=O) groups is 1. The van der Waals surface area contributed by atoms with Crippen LogP contribution in [0.15, 0.2) is 12.1 Å². The molecule has 1 aromatic heterocycles. The van der Waals surface area contributed by atoms with Crippen molar-refractivity contribution in [2.75, 3.05) is 20.1 Å². The quantitative estimate of drug-likeness (QED) is 0.891. The van der Waals surface area contributed by atoms with Crippen molar-refractivity contribution in [3.63, 3.8) is 0 Å². The van der Waals surface area contributed by atoms with Crippen LogP contribution in [0.3, 0.4) is 0 Å². The van der Waals surface area contributed by atoms with Crippen molar-refractivity contribution in [2.24, 2.45) is 5.92 Å². The predicted molar refractivity (Wildman–Crippen MR) is 71.2 cm³/mol. The summed E-state index contributed by atoms with van der Waals surface area (Å²) in [6.45, 7) is 6.18. The predicted octanol–water partition coefficient (Wildman–Crippen LogP) is 2.19. The Morgan fingerprint density at radius 1 is 1.59 bits per heavy atom. The third-order valence-corrected chi connectivity index (χ3v) is 4.65. The van der Waals surface area contributed by atoms with Gasteiger partial charge in [0.2, 0.25) is 5.91 Å². The highest BCUT2D eigenvalue weighted by Crippen LogP contribution is 2.27. The molecule has 0 aliphatic carbocycles. The maximum absolute atomic E-state index is 12.1. The summed E-state index contributed by atoms with van der Waals surface area (Å²) < 4.78 is 0. The molecule has 1 aliphatic rings. The van der Waals surface area contributed by atoms with Crippen LogP contribution in [-0.2, 0) is 4.79 Å². The molecule has 1 unspecified atom stereocenters. The first-order valence-electron chi connectivity index (χ1n) is 6.10. The van der Waals surface area contributed by atoms with Gasteiger partial charge in [0.25, 0.3) is 0 Å². The van der Waals surface area contributed by atoms with Gasteiger partial charge in [-0.3, -0.25) is 4.79 Å². The second-order valence-corrected chi connectivity index (χ2v) is 6.18. The monoisotopic (exact) mass is 252 g/mol. The number of nitrogens with one attached hydrogen (secondary N) is 1. The normalized spacial score (nSPS) is 17.6. The summed E-state index contributed by atoms with van der Waals surface area (Å²) in [5, 5.41) is 3.20. The van der Waals surface area contributed by atoms with Crippen LogP contribution < -0.4 is 5.32 Å². The topological polar surface area (TPSA) is 32.3 Å². The number of amides is 1. The van der Waals surface area contributed by atoms with Crippen molar-refractivity contribution >= 4 is 17.2 Å². The zero-order valence-corrected chi connectivity index (χ0v) is 11.5. The van der Waals surface area contributed by atoms with E-state index in [1.165, 1.54) is 9.75 Å². The molecule has 1 saturated heterocycles. The fourth-order valence-corrected chi connectivity index (χ4v) is 2.94. The van der Waals surface area contributed by atoms with Gasteiger partial charge in [0.15, 0.2) is 0 Å². The van der Waals surface area contributed by atoms with E-state index in [-0.39, 0.29) is 11.9 Å². The van der Waals surface area contributed by atoms with Crippen molar-refractivity contribution in [2.45, 2.75) is 26.3 Å². The van der Waals surface area contributed by atoms with Gasteiger partial charge in [-0.15, -0.1) is 11.3 Å². The minimum Gasteiger partial charge on any atom is -0.338 e. The molecule has 0 radical (unpaired) electrons. The summed E-state index contributed by atoms with van der Waals surface area (Å²) >= 11 is 1.77. The Bertz CT molecular complexity index is 398. The van der Waals surface area contributed by atoms with Crippen molar-refractivity contribution in [3.05, 3.63) is 21.9 Å². The van der Waals surface area contributed by atoms with Crippen LogP contribution in [-0.4, -0.2) is 30.9 Å². The lowest BCUT2D eigenvalue weighted by atomic mass is 9.98. The van der Waals surface area contributed by atoms with Crippen molar-refractivity contribution < 1.29 is 4.79 Å². The van der Waals surface area contributed by atoms with Crippen molar-refractivity contribution in [3.8, 4) is 0 Å². The van der Waals surface area contributed by atoms with E-state index in [9.17, 15) is 4.79 Å². The summed E-state index contributed by atoms with van der Waals surface area (Å²) in [4.78, 5) is 16.5. The van der Waals surface area contributed by atoms with Crippen LogP contribution in [0.25, 0.3) is 0 Å². The van der Waals surface area contributed by atoms with E-state index >= 15 is 0 Å². The molecule has 94 valence electrons. The van der Waals surface area contributed by atoms with Crippen LogP contribution in [0.4, 0.5) is 0 Å². The number of hydrogen-bond donors (Lipinski definition) is 1. The smallest absolute Gasteiger partial charge is 0.223 e. The summed E-state index contributed by atoms with van der Waals surface area (Å²) in [7, 11) is 1.91. The SMILES string of the molecule is Cc1ccc(C(C)N(C)C(=O)CC2CNC2)s1. The van der Waals surface area contributed by atoms with E-state index in [0.717, 1.165) is 13.1 Å². The lowest BCUT2D eigenvalue weighted by Gasteiger charge is -2.30. The van der Waals surface area contributed by atoms with Crippen molar-refractivity contribution in [1.82, 2.24) is 10.2 Å². The molecule has 1 aromatic rings. The first-order valence-corrected chi connectivity index (χ1v) is 6.92. The van der Waals surface area contributed by atoms with E-state index in [1.54, 1.807) is 11.3 Å². The zero-order chi connectivity index (χ0) is 12.4. The molecule has 2 heterocycles. The van der Waals surface area contributed by atoms with Gasteiger partial charge in [-0.2, -0.15) is 0 Å². The largest absolute Gasteiger partial charge is 0.338 e. The first kappa shape index (κ1) is 12.6. The number of hydrogen-bond acceptors (Lipinski definition) is 3. The maximum Gasteiger partial charge on any atom is 0.223 e. The summed E-state index contributed by atoms with van der Waals surface area (Å²) in [5.74, 6) is 0.803. The van der Waals surface area contributed by atoms with Gasteiger partial charge in [-0.05, 0) is 45.0 Å². The number of thiophene rings is 1. The summed E-state index contributed by atoms with van der Waals surface area (Å²) in [6, 6.07) is 4.43. The molecule has 0 bridgehead atoms. The Kier molecular flexibility index (Phi) is 3.84. The standard InChI is InChI=1S/C13H20N2OS/c1-9-4-5-12(17-9)10(2)15(3)13(16)6-11-7-14-8-11/h4-5,10-11,14H,6-8H2,1-3H3. The molecule has 4 heteroatoms. The average molecular weight is 252 g/mol. The lowest BCUT2D eigenvalue weighted by molar-refractivity contribution is -0.133. The summed E-state index contributed by atoms with van der Waals surface area (Å²) in [5.41, 5.74) is 0. The van der Waals surface area contributed by atoms with Gasteiger partial charge in [0, 0.05) is 23.2 Å². The van der Waals surface area contributed by atoms with Crippen LogP contribution in [0.1, 0.15) is 29.1 Å². The van der Waals surface area contributed by atoms with E-state index in [0.29, 0.717) is 12.3 Å². The second kappa shape index (κ2) is 5.19. The second-order valence-electron chi connectivity index (χ2n) is 4.86. The van der Waals surface area contributed by atoms with E-state index < -0.39 is 0 Å². The number of rotatable bonds is 4. The molecule has 1 amide bonds. The Labute approximate surface area is 107 Å². The molecule has 0 spiro atoms. The highest BCUT2D eigenvalue weighted by molar-refractivity contribution is 7.12. The fourth-order valence-electron chi connectivity index (χ4n) is 1.97. The molecule has 0 saturated carbocycles. The number of nitrogens with zero attached hydrogens (tertiary/aromatic N) is 1.